The van der Waals surface area contributed by atoms with Gasteiger partial charge in [-0.3, -0.25) is 4.79 Å². The normalized spacial score (nSPS) is 11.6. The standard InChI is InChI=1S/C14H16N2O3S/c1-14(2,3)10-8-20-11(15-10)7-16-5-4-9(13(18)19)6-12(16)17/h4-6,8H,7H2,1-3H3,(H,18,19). The lowest BCUT2D eigenvalue weighted by molar-refractivity contribution is 0.0696. The fourth-order valence-corrected chi connectivity index (χ4v) is 2.66. The van der Waals surface area contributed by atoms with E-state index in [-0.39, 0.29) is 16.5 Å². The summed E-state index contributed by atoms with van der Waals surface area (Å²) in [5.74, 6) is -1.10. The number of carbonyl (C=O) groups is 1. The molecule has 2 aromatic rings. The molecule has 0 aliphatic rings. The van der Waals surface area contributed by atoms with E-state index in [9.17, 15) is 9.59 Å². The summed E-state index contributed by atoms with van der Waals surface area (Å²) >= 11 is 1.50. The fraction of sp³-hybridized carbons (Fsp3) is 0.357. The van der Waals surface area contributed by atoms with Gasteiger partial charge in [0.15, 0.2) is 0 Å². The Balaban J connectivity index is 2.25. The predicted molar refractivity (Wildman–Crippen MR) is 77.6 cm³/mol. The van der Waals surface area contributed by atoms with Crippen molar-refractivity contribution in [2.24, 2.45) is 0 Å². The van der Waals surface area contributed by atoms with E-state index in [4.69, 9.17) is 5.11 Å². The van der Waals surface area contributed by atoms with Gasteiger partial charge >= 0.3 is 5.97 Å². The van der Waals surface area contributed by atoms with Crippen molar-refractivity contribution >= 4 is 17.3 Å². The zero-order valence-electron chi connectivity index (χ0n) is 11.6. The predicted octanol–water partition coefficient (Wildman–Crippen LogP) is 2.35. The highest BCUT2D eigenvalue weighted by molar-refractivity contribution is 7.09. The van der Waals surface area contributed by atoms with Crippen LogP contribution in [0.2, 0.25) is 0 Å². The molecule has 2 aromatic heterocycles. The Morgan fingerprint density at radius 1 is 1.45 bits per heavy atom. The smallest absolute Gasteiger partial charge is 0.335 e. The van der Waals surface area contributed by atoms with E-state index in [2.05, 4.69) is 25.8 Å². The van der Waals surface area contributed by atoms with Crippen LogP contribution in [0.25, 0.3) is 0 Å². The summed E-state index contributed by atoms with van der Waals surface area (Å²) in [4.78, 5) is 27.1. The molecule has 0 saturated carbocycles. The van der Waals surface area contributed by atoms with Gasteiger partial charge in [-0.2, -0.15) is 0 Å². The second-order valence-electron chi connectivity index (χ2n) is 5.56. The van der Waals surface area contributed by atoms with Gasteiger partial charge in [0.1, 0.15) is 5.01 Å². The van der Waals surface area contributed by atoms with Gasteiger partial charge in [-0.25, -0.2) is 9.78 Å². The highest BCUT2D eigenvalue weighted by Gasteiger charge is 2.17. The maximum atomic E-state index is 11.8. The van der Waals surface area contributed by atoms with E-state index >= 15 is 0 Å². The number of carboxylic acid groups (broad SMARTS) is 1. The number of carboxylic acids is 1. The van der Waals surface area contributed by atoms with Gasteiger partial charge in [0.2, 0.25) is 0 Å². The van der Waals surface area contributed by atoms with Gasteiger partial charge in [-0.05, 0) is 6.07 Å². The fourth-order valence-electron chi connectivity index (χ4n) is 1.65. The maximum absolute atomic E-state index is 11.8. The number of hydrogen-bond donors (Lipinski definition) is 1. The van der Waals surface area contributed by atoms with Crippen molar-refractivity contribution in [1.82, 2.24) is 9.55 Å². The first kappa shape index (κ1) is 14.5. The van der Waals surface area contributed by atoms with Crippen molar-refractivity contribution < 1.29 is 9.90 Å². The Hall–Kier alpha value is -1.95. The Morgan fingerprint density at radius 2 is 2.15 bits per heavy atom. The van der Waals surface area contributed by atoms with Crippen molar-refractivity contribution in [1.29, 1.82) is 0 Å². The number of nitrogens with zero attached hydrogens (tertiary/aromatic N) is 2. The van der Waals surface area contributed by atoms with Crippen molar-refractivity contribution in [2.45, 2.75) is 32.7 Å². The first-order valence-electron chi connectivity index (χ1n) is 6.16. The molecule has 1 N–H and O–H groups in total. The van der Waals surface area contributed by atoms with Crippen molar-refractivity contribution in [3.63, 3.8) is 0 Å². The molecule has 0 radical (unpaired) electrons. The number of rotatable bonds is 3. The molecular formula is C14H16N2O3S. The Bertz CT molecular complexity index is 695. The number of pyridine rings is 1. The van der Waals surface area contributed by atoms with Crippen molar-refractivity contribution in [3.8, 4) is 0 Å². The molecule has 0 bridgehead atoms. The van der Waals surface area contributed by atoms with Crippen LogP contribution in [-0.2, 0) is 12.0 Å². The molecule has 2 rings (SSSR count). The van der Waals surface area contributed by atoms with Crippen LogP contribution in [0.3, 0.4) is 0 Å². The van der Waals surface area contributed by atoms with E-state index in [0.29, 0.717) is 6.54 Å². The van der Waals surface area contributed by atoms with Gasteiger partial charge in [-0.15, -0.1) is 11.3 Å². The maximum Gasteiger partial charge on any atom is 0.335 e. The summed E-state index contributed by atoms with van der Waals surface area (Å²) in [6.45, 7) is 6.61. The molecule has 0 atom stereocenters. The summed E-state index contributed by atoms with van der Waals surface area (Å²) in [5.41, 5.74) is 0.637. The highest BCUT2D eigenvalue weighted by Crippen LogP contribution is 2.24. The molecular weight excluding hydrogens is 276 g/mol. The molecule has 0 aromatic carbocycles. The first-order valence-corrected chi connectivity index (χ1v) is 7.04. The Labute approximate surface area is 120 Å². The lowest BCUT2D eigenvalue weighted by Gasteiger charge is -2.14. The molecule has 0 saturated heterocycles. The van der Waals surface area contributed by atoms with Crippen LogP contribution in [0.5, 0.6) is 0 Å². The van der Waals surface area contributed by atoms with E-state index in [1.165, 1.54) is 28.2 Å². The summed E-state index contributed by atoms with van der Waals surface area (Å²) in [6.07, 6.45) is 1.49. The summed E-state index contributed by atoms with van der Waals surface area (Å²) in [6, 6.07) is 2.54. The molecule has 0 spiro atoms. The largest absolute Gasteiger partial charge is 0.478 e. The Morgan fingerprint density at radius 3 is 2.65 bits per heavy atom. The molecule has 106 valence electrons. The van der Waals surface area contributed by atoms with Crippen LogP contribution in [0.4, 0.5) is 0 Å². The quantitative estimate of drug-likeness (QED) is 0.942. The van der Waals surface area contributed by atoms with Gasteiger partial charge < -0.3 is 9.67 Å². The topological polar surface area (TPSA) is 72.2 Å². The van der Waals surface area contributed by atoms with Gasteiger partial charge in [0.05, 0.1) is 17.8 Å². The summed E-state index contributed by atoms with van der Waals surface area (Å²) < 4.78 is 1.46. The number of aromatic carboxylic acids is 1. The average Bonchev–Trinajstić information content (AvgIpc) is 2.80. The second-order valence-corrected chi connectivity index (χ2v) is 6.51. The van der Waals surface area contributed by atoms with Crippen molar-refractivity contribution in [2.75, 3.05) is 0 Å². The van der Waals surface area contributed by atoms with Crippen molar-refractivity contribution in [3.05, 3.63) is 50.3 Å². The van der Waals surface area contributed by atoms with E-state index in [1.807, 2.05) is 5.38 Å². The third kappa shape index (κ3) is 3.14. The van der Waals surface area contributed by atoms with Crippen LogP contribution in [0.1, 0.15) is 41.8 Å². The van der Waals surface area contributed by atoms with Crippen LogP contribution in [0.15, 0.2) is 28.5 Å². The molecule has 0 unspecified atom stereocenters. The highest BCUT2D eigenvalue weighted by atomic mass is 32.1. The number of aromatic nitrogens is 2. The van der Waals surface area contributed by atoms with Gasteiger partial charge in [0.25, 0.3) is 5.56 Å². The SMILES string of the molecule is CC(C)(C)c1csc(Cn2ccc(C(=O)O)cc2=O)n1. The lowest BCUT2D eigenvalue weighted by Crippen LogP contribution is -2.21. The van der Waals surface area contributed by atoms with Crippen LogP contribution in [-0.4, -0.2) is 20.6 Å². The second kappa shape index (κ2) is 5.20. The minimum atomic E-state index is -1.10. The van der Waals surface area contributed by atoms with Crippen LogP contribution < -0.4 is 5.56 Å². The van der Waals surface area contributed by atoms with Gasteiger partial charge in [0, 0.05) is 23.1 Å². The molecule has 0 aliphatic carbocycles. The van der Waals surface area contributed by atoms with Crippen LogP contribution in [0, 0.1) is 0 Å². The minimum absolute atomic E-state index is 0.000712. The number of thiazole rings is 1. The molecule has 2 heterocycles. The molecule has 0 amide bonds. The first-order chi connectivity index (χ1) is 9.27. The number of hydrogen-bond acceptors (Lipinski definition) is 4. The zero-order chi connectivity index (χ0) is 14.9. The van der Waals surface area contributed by atoms with E-state index in [1.54, 1.807) is 0 Å². The third-order valence-corrected chi connectivity index (χ3v) is 3.70. The lowest BCUT2D eigenvalue weighted by atomic mass is 9.93. The molecule has 0 aliphatic heterocycles. The third-order valence-electron chi connectivity index (χ3n) is 2.87. The molecule has 0 fully saturated rings. The molecule has 6 heteroatoms. The van der Waals surface area contributed by atoms with E-state index in [0.717, 1.165) is 16.8 Å². The average molecular weight is 292 g/mol. The minimum Gasteiger partial charge on any atom is -0.478 e. The summed E-state index contributed by atoms with van der Waals surface area (Å²) in [5, 5.41) is 11.6. The summed E-state index contributed by atoms with van der Waals surface area (Å²) in [7, 11) is 0. The van der Waals surface area contributed by atoms with Crippen LogP contribution >= 0.6 is 11.3 Å². The van der Waals surface area contributed by atoms with E-state index < -0.39 is 5.97 Å². The molecule has 20 heavy (non-hydrogen) atoms. The zero-order valence-corrected chi connectivity index (χ0v) is 12.4. The Kier molecular flexibility index (Phi) is 3.76. The monoisotopic (exact) mass is 292 g/mol. The molecule has 5 nitrogen and oxygen atoms in total. The van der Waals surface area contributed by atoms with Gasteiger partial charge in [-0.1, -0.05) is 20.8 Å².